The second-order valence-electron chi connectivity index (χ2n) is 3.07. The van der Waals surface area contributed by atoms with Gasteiger partial charge in [0.25, 0.3) is 0 Å². The first-order valence-electron chi connectivity index (χ1n) is 4.59. The van der Waals surface area contributed by atoms with Crippen LogP contribution in [0.3, 0.4) is 0 Å². The van der Waals surface area contributed by atoms with Crippen LogP contribution in [0.25, 0.3) is 0 Å². The molecule has 0 aliphatic carbocycles. The molecule has 3 heteroatoms. The van der Waals surface area contributed by atoms with Crippen molar-refractivity contribution in [3.8, 4) is 0 Å². The fourth-order valence-electron chi connectivity index (χ4n) is 1.08. The number of aliphatic hydroxyl groups excluding tert-OH is 1. The molecule has 0 radical (unpaired) electrons. The van der Waals surface area contributed by atoms with Crippen LogP contribution in [-0.4, -0.2) is 23.7 Å². The lowest BCUT2D eigenvalue weighted by molar-refractivity contribution is -0.118. The second-order valence-corrected chi connectivity index (χ2v) is 3.07. The smallest absolute Gasteiger partial charge is 0.216 e. The minimum atomic E-state index is -0.191. The van der Waals surface area contributed by atoms with Crippen LogP contribution in [0.15, 0.2) is 0 Å². The Morgan fingerprint density at radius 1 is 1.50 bits per heavy atom. The van der Waals surface area contributed by atoms with E-state index in [0.29, 0.717) is 6.54 Å². The summed E-state index contributed by atoms with van der Waals surface area (Å²) in [6, 6.07) is 0. The first-order valence-corrected chi connectivity index (χ1v) is 4.59. The van der Waals surface area contributed by atoms with Crippen molar-refractivity contribution in [1.82, 2.24) is 5.32 Å². The summed E-state index contributed by atoms with van der Waals surface area (Å²) in [5, 5.41) is 12.0. The summed E-state index contributed by atoms with van der Waals surface area (Å²) in [6.45, 7) is 4.23. The quantitative estimate of drug-likeness (QED) is 0.590. The molecule has 0 rings (SSSR count). The molecule has 0 bridgehead atoms. The Labute approximate surface area is 74.2 Å². The predicted octanol–water partition coefficient (Wildman–Crippen LogP) is 1.06. The minimum absolute atomic E-state index is 0.0000173. The standard InChI is InChI=1S/C9H19NO2/c1-3-5-9(12)6-4-7-10-8(2)11/h9,12H,3-7H2,1-2H3,(H,10,11). The molecule has 0 fully saturated rings. The molecular weight excluding hydrogens is 154 g/mol. The molecule has 1 unspecified atom stereocenters. The average molecular weight is 173 g/mol. The Bertz CT molecular complexity index is 126. The van der Waals surface area contributed by atoms with E-state index in [-0.39, 0.29) is 12.0 Å². The van der Waals surface area contributed by atoms with Crippen molar-refractivity contribution in [1.29, 1.82) is 0 Å². The number of aliphatic hydroxyl groups is 1. The zero-order valence-electron chi connectivity index (χ0n) is 7.97. The van der Waals surface area contributed by atoms with E-state index < -0.39 is 0 Å². The van der Waals surface area contributed by atoms with Gasteiger partial charge in [-0.15, -0.1) is 0 Å². The minimum Gasteiger partial charge on any atom is -0.393 e. The lowest BCUT2D eigenvalue weighted by Gasteiger charge is -2.08. The number of nitrogens with one attached hydrogen (secondary N) is 1. The van der Waals surface area contributed by atoms with Gasteiger partial charge >= 0.3 is 0 Å². The molecular formula is C9H19NO2. The number of hydrogen-bond acceptors (Lipinski definition) is 2. The highest BCUT2D eigenvalue weighted by molar-refractivity contribution is 5.72. The molecule has 1 atom stereocenters. The molecule has 2 N–H and O–H groups in total. The van der Waals surface area contributed by atoms with Crippen molar-refractivity contribution in [3.63, 3.8) is 0 Å². The van der Waals surface area contributed by atoms with E-state index in [0.717, 1.165) is 25.7 Å². The van der Waals surface area contributed by atoms with E-state index in [4.69, 9.17) is 0 Å². The van der Waals surface area contributed by atoms with Crippen molar-refractivity contribution < 1.29 is 9.90 Å². The van der Waals surface area contributed by atoms with Gasteiger partial charge in [-0.25, -0.2) is 0 Å². The van der Waals surface area contributed by atoms with E-state index in [1.165, 1.54) is 6.92 Å². The third-order valence-electron chi connectivity index (χ3n) is 1.71. The van der Waals surface area contributed by atoms with E-state index in [1.807, 2.05) is 0 Å². The van der Waals surface area contributed by atoms with Crippen molar-refractivity contribution in [2.45, 2.75) is 45.6 Å². The van der Waals surface area contributed by atoms with Gasteiger partial charge in [-0.3, -0.25) is 4.79 Å². The highest BCUT2D eigenvalue weighted by Gasteiger charge is 2.01. The maximum Gasteiger partial charge on any atom is 0.216 e. The van der Waals surface area contributed by atoms with Gasteiger partial charge < -0.3 is 10.4 Å². The van der Waals surface area contributed by atoms with Crippen molar-refractivity contribution in [3.05, 3.63) is 0 Å². The molecule has 0 saturated heterocycles. The van der Waals surface area contributed by atoms with Crippen molar-refractivity contribution in [2.75, 3.05) is 6.54 Å². The molecule has 0 aromatic carbocycles. The van der Waals surface area contributed by atoms with E-state index in [1.54, 1.807) is 0 Å². The number of hydrogen-bond donors (Lipinski definition) is 2. The van der Waals surface area contributed by atoms with E-state index >= 15 is 0 Å². The highest BCUT2D eigenvalue weighted by atomic mass is 16.3. The SMILES string of the molecule is CCCC(O)CCCNC(C)=O. The van der Waals surface area contributed by atoms with Crippen LogP contribution < -0.4 is 5.32 Å². The molecule has 0 aliphatic heterocycles. The molecule has 3 nitrogen and oxygen atoms in total. The summed E-state index contributed by atoms with van der Waals surface area (Å²) >= 11 is 0. The summed E-state index contributed by atoms with van der Waals surface area (Å²) in [5.41, 5.74) is 0. The Morgan fingerprint density at radius 2 is 2.17 bits per heavy atom. The van der Waals surface area contributed by atoms with Gasteiger partial charge in [0, 0.05) is 13.5 Å². The van der Waals surface area contributed by atoms with Gasteiger partial charge in [0.05, 0.1) is 6.10 Å². The first kappa shape index (κ1) is 11.4. The number of rotatable bonds is 6. The maximum atomic E-state index is 10.4. The van der Waals surface area contributed by atoms with E-state index in [2.05, 4.69) is 12.2 Å². The Balaban J connectivity index is 3.13. The third kappa shape index (κ3) is 7.54. The van der Waals surface area contributed by atoms with Gasteiger partial charge in [-0.1, -0.05) is 13.3 Å². The van der Waals surface area contributed by atoms with Crippen LogP contribution in [0, 0.1) is 0 Å². The average Bonchev–Trinajstić information content (AvgIpc) is 1.98. The Hall–Kier alpha value is -0.570. The Kier molecular flexibility index (Phi) is 6.76. The molecule has 1 amide bonds. The summed E-state index contributed by atoms with van der Waals surface area (Å²) in [6.07, 6.45) is 3.33. The van der Waals surface area contributed by atoms with Crippen LogP contribution in [0.2, 0.25) is 0 Å². The van der Waals surface area contributed by atoms with Gasteiger partial charge in [-0.2, -0.15) is 0 Å². The normalized spacial score (nSPS) is 12.6. The van der Waals surface area contributed by atoms with Gasteiger partial charge in [0.15, 0.2) is 0 Å². The monoisotopic (exact) mass is 173 g/mol. The lowest BCUT2D eigenvalue weighted by Crippen LogP contribution is -2.22. The summed E-state index contributed by atoms with van der Waals surface area (Å²) < 4.78 is 0. The van der Waals surface area contributed by atoms with Crippen LogP contribution >= 0.6 is 0 Å². The van der Waals surface area contributed by atoms with Crippen molar-refractivity contribution in [2.24, 2.45) is 0 Å². The molecule has 0 spiro atoms. The molecule has 12 heavy (non-hydrogen) atoms. The molecule has 0 aromatic rings. The molecule has 72 valence electrons. The lowest BCUT2D eigenvalue weighted by atomic mass is 10.1. The first-order chi connectivity index (χ1) is 5.66. The zero-order chi connectivity index (χ0) is 9.40. The van der Waals surface area contributed by atoms with Crippen LogP contribution in [0.5, 0.6) is 0 Å². The summed E-state index contributed by atoms with van der Waals surface area (Å²) in [7, 11) is 0. The van der Waals surface area contributed by atoms with Gasteiger partial charge in [0.1, 0.15) is 0 Å². The van der Waals surface area contributed by atoms with Crippen LogP contribution in [-0.2, 0) is 4.79 Å². The topological polar surface area (TPSA) is 49.3 Å². The Morgan fingerprint density at radius 3 is 2.67 bits per heavy atom. The maximum absolute atomic E-state index is 10.4. The molecule has 0 aromatic heterocycles. The third-order valence-corrected chi connectivity index (χ3v) is 1.71. The summed E-state index contributed by atoms with van der Waals surface area (Å²) in [4.78, 5) is 10.4. The van der Waals surface area contributed by atoms with Crippen LogP contribution in [0.1, 0.15) is 39.5 Å². The second kappa shape index (κ2) is 7.10. The number of carbonyl (C=O) groups excluding carboxylic acids is 1. The molecule has 0 aliphatic rings. The number of carbonyl (C=O) groups is 1. The highest BCUT2D eigenvalue weighted by Crippen LogP contribution is 2.02. The van der Waals surface area contributed by atoms with Crippen LogP contribution in [0.4, 0.5) is 0 Å². The summed E-state index contributed by atoms with van der Waals surface area (Å²) in [5.74, 6) is -0.0000173. The van der Waals surface area contributed by atoms with Gasteiger partial charge in [0.2, 0.25) is 5.91 Å². The largest absolute Gasteiger partial charge is 0.393 e. The molecule has 0 heterocycles. The van der Waals surface area contributed by atoms with E-state index in [9.17, 15) is 9.90 Å². The van der Waals surface area contributed by atoms with Gasteiger partial charge in [-0.05, 0) is 19.3 Å². The number of amides is 1. The fourth-order valence-corrected chi connectivity index (χ4v) is 1.08. The predicted molar refractivity (Wildman–Crippen MR) is 48.8 cm³/mol. The zero-order valence-corrected chi connectivity index (χ0v) is 7.97. The fraction of sp³-hybridized carbons (Fsp3) is 0.889. The molecule has 0 saturated carbocycles. The van der Waals surface area contributed by atoms with Crippen molar-refractivity contribution >= 4 is 5.91 Å².